The molecule has 0 fully saturated rings. The predicted molar refractivity (Wildman–Crippen MR) is 89.5 cm³/mol. The molecular formula is C16H25NSi2. The molecule has 0 saturated heterocycles. The third-order valence-electron chi connectivity index (χ3n) is 3.41. The van der Waals surface area contributed by atoms with E-state index in [1.54, 1.807) is 0 Å². The Balaban J connectivity index is 2.54. The van der Waals surface area contributed by atoms with E-state index >= 15 is 0 Å². The third-order valence-corrected chi connectivity index (χ3v) is 6.29. The highest BCUT2D eigenvalue weighted by Crippen LogP contribution is 2.20. The quantitative estimate of drug-likeness (QED) is 0.570. The zero-order valence-corrected chi connectivity index (χ0v) is 15.1. The summed E-state index contributed by atoms with van der Waals surface area (Å²) in [5, 5.41) is 1.46. The van der Waals surface area contributed by atoms with Gasteiger partial charge in [-0.1, -0.05) is 51.3 Å². The van der Waals surface area contributed by atoms with Gasteiger partial charge in [0.05, 0.1) is 8.07 Å². The summed E-state index contributed by atoms with van der Waals surface area (Å²) in [6.45, 7) is 14.1. The van der Waals surface area contributed by atoms with Crippen molar-refractivity contribution in [2.45, 2.75) is 58.5 Å². The van der Waals surface area contributed by atoms with E-state index in [-0.39, 0.29) is 0 Å². The molecule has 0 saturated carbocycles. The van der Waals surface area contributed by atoms with E-state index in [2.05, 4.69) is 56.8 Å². The summed E-state index contributed by atoms with van der Waals surface area (Å²) in [7, 11) is -2.70. The predicted octanol–water partition coefficient (Wildman–Crippen LogP) is 3.34. The number of rotatable bonds is 1. The highest BCUT2D eigenvalue weighted by molar-refractivity contribution is 6.89. The van der Waals surface area contributed by atoms with Crippen molar-refractivity contribution in [2.24, 2.45) is 0 Å². The summed E-state index contributed by atoms with van der Waals surface area (Å²) in [4.78, 5) is 4.91. The van der Waals surface area contributed by atoms with E-state index in [9.17, 15) is 0 Å². The Morgan fingerprint density at radius 3 is 2.32 bits per heavy atom. The van der Waals surface area contributed by atoms with Crippen molar-refractivity contribution < 1.29 is 0 Å². The minimum Gasteiger partial charge on any atom is -0.244 e. The van der Waals surface area contributed by atoms with Gasteiger partial charge < -0.3 is 0 Å². The van der Waals surface area contributed by atoms with Gasteiger partial charge >= 0.3 is 0 Å². The number of pyridine rings is 1. The van der Waals surface area contributed by atoms with Crippen LogP contribution in [0.2, 0.25) is 39.3 Å². The van der Waals surface area contributed by atoms with Gasteiger partial charge in [-0.2, -0.15) is 0 Å². The van der Waals surface area contributed by atoms with Gasteiger partial charge in [0.15, 0.2) is 0 Å². The Morgan fingerprint density at radius 2 is 1.74 bits per heavy atom. The molecule has 0 unspecified atom stereocenters. The van der Waals surface area contributed by atoms with Crippen molar-refractivity contribution in [3.8, 4) is 11.5 Å². The van der Waals surface area contributed by atoms with Crippen molar-refractivity contribution in [3.63, 3.8) is 0 Å². The van der Waals surface area contributed by atoms with Crippen molar-refractivity contribution in [1.82, 2.24) is 4.98 Å². The van der Waals surface area contributed by atoms with E-state index < -0.39 is 16.1 Å². The Kier molecular flexibility index (Phi) is 3.77. The average Bonchev–Trinajstić information content (AvgIpc) is 2.69. The third kappa shape index (κ3) is 3.58. The van der Waals surface area contributed by atoms with Crippen LogP contribution in [0.1, 0.15) is 23.4 Å². The monoisotopic (exact) mass is 287 g/mol. The Morgan fingerprint density at radius 1 is 1.05 bits per heavy atom. The second-order valence-corrected chi connectivity index (χ2v) is 17.4. The van der Waals surface area contributed by atoms with Crippen molar-refractivity contribution in [1.29, 1.82) is 0 Å². The first-order valence-corrected chi connectivity index (χ1v) is 14.2. The number of fused-ring (bicyclic) bond motifs is 1. The molecule has 0 N–H and O–H groups in total. The van der Waals surface area contributed by atoms with Crippen LogP contribution in [-0.4, -0.2) is 21.1 Å². The largest absolute Gasteiger partial charge is 0.244 e. The van der Waals surface area contributed by atoms with Gasteiger partial charge in [-0.25, -0.2) is 4.98 Å². The van der Waals surface area contributed by atoms with Gasteiger partial charge in [-0.15, -0.1) is 5.54 Å². The second-order valence-electron chi connectivity index (χ2n) is 7.59. The first-order chi connectivity index (χ1) is 8.67. The van der Waals surface area contributed by atoms with Crippen LogP contribution in [0, 0.1) is 11.5 Å². The summed E-state index contributed by atoms with van der Waals surface area (Å²) in [6, 6.07) is 2.43. The smallest absolute Gasteiger partial charge is 0.129 e. The molecule has 0 bridgehead atoms. The van der Waals surface area contributed by atoms with Crippen molar-refractivity contribution in [3.05, 3.63) is 23.0 Å². The van der Waals surface area contributed by atoms with Crippen LogP contribution in [-0.2, 0) is 12.8 Å². The molecule has 1 aliphatic carbocycles. The van der Waals surface area contributed by atoms with Gasteiger partial charge in [0, 0.05) is 5.69 Å². The molecule has 19 heavy (non-hydrogen) atoms. The fourth-order valence-corrected chi connectivity index (χ4v) is 4.32. The van der Waals surface area contributed by atoms with Crippen LogP contribution in [0.3, 0.4) is 0 Å². The van der Waals surface area contributed by atoms with Crippen LogP contribution in [0.5, 0.6) is 0 Å². The zero-order valence-electron chi connectivity index (χ0n) is 13.1. The van der Waals surface area contributed by atoms with E-state index in [1.165, 1.54) is 29.3 Å². The van der Waals surface area contributed by atoms with E-state index in [0.29, 0.717) is 0 Å². The fraction of sp³-hybridized carbons (Fsp3) is 0.562. The van der Waals surface area contributed by atoms with Crippen molar-refractivity contribution in [2.75, 3.05) is 0 Å². The van der Waals surface area contributed by atoms with Crippen molar-refractivity contribution >= 4 is 21.3 Å². The van der Waals surface area contributed by atoms with Crippen LogP contribution in [0.15, 0.2) is 6.07 Å². The maximum absolute atomic E-state index is 4.91. The maximum atomic E-state index is 4.91. The standard InChI is InChI=1S/C16H25NSi2/c1-18(2,3)11-10-15-16(19(4,5)6)12-13-8-7-9-14(13)17-15/h12H,7-9H2,1-6H3. The highest BCUT2D eigenvalue weighted by atomic mass is 28.3. The zero-order chi connectivity index (χ0) is 14.3. The molecule has 1 aromatic heterocycles. The lowest BCUT2D eigenvalue weighted by atomic mass is 10.2. The Labute approximate surface area is 119 Å². The summed E-state index contributed by atoms with van der Waals surface area (Å²) in [6.07, 6.45) is 3.61. The normalized spacial score (nSPS) is 14.8. The van der Waals surface area contributed by atoms with E-state index in [0.717, 1.165) is 12.1 Å². The molecule has 1 nitrogen and oxygen atoms in total. The molecule has 0 radical (unpaired) electrons. The van der Waals surface area contributed by atoms with Gasteiger partial charge in [-0.3, -0.25) is 0 Å². The molecule has 1 heterocycles. The number of hydrogen-bond donors (Lipinski definition) is 0. The molecule has 0 amide bonds. The lowest BCUT2D eigenvalue weighted by Crippen LogP contribution is -2.40. The second kappa shape index (κ2) is 4.92. The lowest BCUT2D eigenvalue weighted by Gasteiger charge is -2.19. The van der Waals surface area contributed by atoms with Crippen LogP contribution < -0.4 is 5.19 Å². The molecule has 0 aromatic carbocycles. The molecule has 2 rings (SSSR count). The molecular weight excluding hydrogens is 262 g/mol. The first-order valence-electron chi connectivity index (χ1n) is 7.23. The highest BCUT2D eigenvalue weighted by Gasteiger charge is 2.24. The minimum absolute atomic E-state index is 1.09. The van der Waals surface area contributed by atoms with Crippen LogP contribution in [0.25, 0.3) is 0 Å². The summed E-state index contributed by atoms with van der Waals surface area (Å²) >= 11 is 0. The van der Waals surface area contributed by atoms with Crippen LogP contribution in [0.4, 0.5) is 0 Å². The molecule has 3 heteroatoms. The Hall–Kier alpha value is -0.856. The topological polar surface area (TPSA) is 12.9 Å². The maximum Gasteiger partial charge on any atom is 0.129 e. The SMILES string of the molecule is C[Si](C)(C)C#Cc1nc2c(cc1[Si](C)(C)C)CCC2. The number of nitrogens with zero attached hydrogens (tertiary/aromatic N) is 1. The van der Waals surface area contributed by atoms with Gasteiger partial charge in [0.2, 0.25) is 0 Å². The molecule has 1 aromatic rings. The molecule has 0 spiro atoms. The minimum atomic E-state index is -1.37. The lowest BCUT2D eigenvalue weighted by molar-refractivity contribution is 0.899. The van der Waals surface area contributed by atoms with E-state index in [4.69, 9.17) is 4.98 Å². The Bertz CT molecular complexity index is 551. The van der Waals surface area contributed by atoms with Crippen LogP contribution >= 0.6 is 0 Å². The van der Waals surface area contributed by atoms with E-state index in [1.807, 2.05) is 0 Å². The molecule has 0 aliphatic heterocycles. The molecule has 102 valence electrons. The summed E-state index contributed by atoms with van der Waals surface area (Å²) in [5.41, 5.74) is 7.37. The number of aryl methyl sites for hydroxylation is 2. The summed E-state index contributed by atoms with van der Waals surface area (Å²) in [5.74, 6) is 3.42. The fourth-order valence-electron chi connectivity index (χ4n) is 2.39. The first kappa shape index (κ1) is 14.6. The number of hydrogen-bond acceptors (Lipinski definition) is 1. The number of aromatic nitrogens is 1. The van der Waals surface area contributed by atoms with Gasteiger partial charge in [0.1, 0.15) is 13.8 Å². The summed E-state index contributed by atoms with van der Waals surface area (Å²) < 4.78 is 0. The molecule has 0 atom stereocenters. The molecule has 1 aliphatic rings. The average molecular weight is 288 g/mol. The van der Waals surface area contributed by atoms with Gasteiger partial charge in [-0.05, 0) is 30.0 Å². The van der Waals surface area contributed by atoms with Gasteiger partial charge in [0.25, 0.3) is 0 Å².